The van der Waals surface area contributed by atoms with Crippen molar-refractivity contribution in [3.8, 4) is 0 Å². The Morgan fingerprint density at radius 1 is 1.00 bits per heavy atom. The molecular weight excluding hydrogens is 142 g/mol. The molecule has 8 heavy (non-hydrogen) atoms. The molecule has 0 aliphatic rings. The van der Waals surface area contributed by atoms with Crippen LogP contribution in [0.1, 0.15) is 0 Å². The average Bonchev–Trinajstić information content (AvgIpc) is 1.69. The first-order valence-electron chi connectivity index (χ1n) is 2.20. The van der Waals surface area contributed by atoms with Crippen molar-refractivity contribution in [1.29, 1.82) is 0 Å². The molecule has 0 aliphatic heterocycles. The molecular formula is C6H8KP. The van der Waals surface area contributed by atoms with Crippen LogP contribution in [0.4, 0.5) is 0 Å². The van der Waals surface area contributed by atoms with Crippen LogP contribution in [0.3, 0.4) is 0 Å². The van der Waals surface area contributed by atoms with Gasteiger partial charge in [-0.25, -0.2) is 0 Å². The van der Waals surface area contributed by atoms with Crippen LogP contribution in [0.5, 0.6) is 0 Å². The van der Waals surface area contributed by atoms with Crippen LogP contribution in [-0.4, -0.2) is 51.4 Å². The second kappa shape index (κ2) is 5.10. The third kappa shape index (κ3) is 3.34. The van der Waals surface area contributed by atoms with Gasteiger partial charge in [-0.05, 0) is 5.30 Å². The van der Waals surface area contributed by atoms with Crippen LogP contribution in [0.25, 0.3) is 0 Å². The summed E-state index contributed by atoms with van der Waals surface area (Å²) in [7, 11) is 2.63. The van der Waals surface area contributed by atoms with Crippen molar-refractivity contribution in [2.45, 2.75) is 0 Å². The Labute approximate surface area is 94.7 Å². The molecule has 0 aromatic heterocycles. The van der Waals surface area contributed by atoms with Gasteiger partial charge in [0.1, 0.15) is 0 Å². The fraction of sp³-hybridized carbons (Fsp3) is 0. The molecule has 0 bridgehead atoms. The summed E-state index contributed by atoms with van der Waals surface area (Å²) in [6, 6.07) is 10.1. The van der Waals surface area contributed by atoms with Gasteiger partial charge >= 0.3 is 51.4 Å². The maximum atomic E-state index is 2.63. The van der Waals surface area contributed by atoms with Crippen LogP contribution in [-0.2, 0) is 0 Å². The third-order valence-corrected chi connectivity index (χ3v) is 1.18. The van der Waals surface area contributed by atoms with E-state index < -0.39 is 0 Å². The zero-order chi connectivity index (χ0) is 5.11. The summed E-state index contributed by atoms with van der Waals surface area (Å²) in [5.74, 6) is 0. The molecule has 0 fully saturated rings. The van der Waals surface area contributed by atoms with Gasteiger partial charge in [-0.2, -0.15) is 0 Å². The van der Waals surface area contributed by atoms with Gasteiger partial charge in [-0.3, -0.25) is 0 Å². The molecule has 0 radical (unpaired) electrons. The summed E-state index contributed by atoms with van der Waals surface area (Å²) < 4.78 is 0. The van der Waals surface area contributed by atoms with Crippen molar-refractivity contribution in [1.82, 2.24) is 0 Å². The molecule has 0 spiro atoms. The van der Waals surface area contributed by atoms with Crippen molar-refractivity contribution in [3.63, 3.8) is 0 Å². The van der Waals surface area contributed by atoms with Gasteiger partial charge in [0.2, 0.25) is 0 Å². The number of rotatable bonds is 0. The van der Waals surface area contributed by atoms with Gasteiger partial charge in [0, 0.05) is 0 Å². The van der Waals surface area contributed by atoms with Crippen molar-refractivity contribution >= 4 is 65.9 Å². The van der Waals surface area contributed by atoms with Crippen molar-refractivity contribution in [2.75, 3.05) is 0 Å². The van der Waals surface area contributed by atoms with Gasteiger partial charge in [0.25, 0.3) is 0 Å². The van der Waals surface area contributed by atoms with Gasteiger partial charge in [-0.15, -0.1) is 9.24 Å². The molecule has 0 heterocycles. The average molecular weight is 150 g/mol. The van der Waals surface area contributed by atoms with Crippen molar-refractivity contribution < 1.29 is 0 Å². The predicted molar refractivity (Wildman–Crippen MR) is 42.9 cm³/mol. The summed E-state index contributed by atoms with van der Waals surface area (Å²) in [6.45, 7) is 0. The molecule has 2 heteroatoms. The number of benzene rings is 1. The van der Waals surface area contributed by atoms with Crippen LogP contribution in [0.2, 0.25) is 0 Å². The Balaban J connectivity index is 0.000000490. The van der Waals surface area contributed by atoms with Gasteiger partial charge < -0.3 is 0 Å². The summed E-state index contributed by atoms with van der Waals surface area (Å²) in [5, 5.41) is 1.24. The normalized spacial score (nSPS) is 7.62. The van der Waals surface area contributed by atoms with E-state index in [1.807, 2.05) is 30.3 Å². The molecule has 0 nitrogen and oxygen atoms in total. The standard InChI is InChI=1S/C6H7P.K.H/c7-6-4-2-1-3-5-6;;/h1-5H,7H2;;. The van der Waals surface area contributed by atoms with E-state index in [1.54, 1.807) is 0 Å². The SMILES string of the molecule is Pc1ccccc1.[KH]. The Bertz CT molecular complexity index is 138. The van der Waals surface area contributed by atoms with Crippen LogP contribution in [0, 0.1) is 0 Å². The molecule has 0 amide bonds. The van der Waals surface area contributed by atoms with Crippen LogP contribution in [0.15, 0.2) is 30.3 Å². The number of hydrogen-bond acceptors (Lipinski definition) is 0. The first kappa shape index (κ1) is 9.29. The topological polar surface area (TPSA) is 0 Å². The summed E-state index contributed by atoms with van der Waals surface area (Å²) >= 11 is 0. The zero-order valence-corrected chi connectivity index (χ0v) is 5.12. The van der Waals surface area contributed by atoms with E-state index in [0.29, 0.717) is 0 Å². The molecule has 0 saturated carbocycles. The summed E-state index contributed by atoms with van der Waals surface area (Å²) in [4.78, 5) is 0. The van der Waals surface area contributed by atoms with E-state index >= 15 is 0 Å². The van der Waals surface area contributed by atoms with E-state index in [0.717, 1.165) is 0 Å². The molecule has 38 valence electrons. The van der Waals surface area contributed by atoms with Crippen LogP contribution < -0.4 is 5.30 Å². The Morgan fingerprint density at radius 2 is 1.50 bits per heavy atom. The predicted octanol–water partition coefficient (Wildman–Crippen LogP) is 0.538. The van der Waals surface area contributed by atoms with Gasteiger partial charge in [0.15, 0.2) is 0 Å². The molecule has 1 unspecified atom stereocenters. The minimum atomic E-state index is 0. The Morgan fingerprint density at radius 3 is 1.75 bits per heavy atom. The van der Waals surface area contributed by atoms with E-state index in [2.05, 4.69) is 9.24 Å². The zero-order valence-electron chi connectivity index (χ0n) is 3.96. The van der Waals surface area contributed by atoms with Crippen molar-refractivity contribution in [3.05, 3.63) is 30.3 Å². The molecule has 1 aromatic rings. The maximum absolute atomic E-state index is 2.63. The Kier molecular flexibility index (Phi) is 5.92. The second-order valence-electron chi connectivity index (χ2n) is 1.41. The summed E-state index contributed by atoms with van der Waals surface area (Å²) in [6.07, 6.45) is 0. The fourth-order valence-electron chi connectivity index (χ4n) is 0.453. The summed E-state index contributed by atoms with van der Waals surface area (Å²) in [5.41, 5.74) is 0. The van der Waals surface area contributed by atoms with Gasteiger partial charge in [0.05, 0.1) is 0 Å². The molecule has 1 aromatic carbocycles. The van der Waals surface area contributed by atoms with Crippen molar-refractivity contribution in [2.24, 2.45) is 0 Å². The fourth-order valence-corrected chi connectivity index (χ4v) is 0.675. The van der Waals surface area contributed by atoms with Crippen LogP contribution >= 0.6 is 9.24 Å². The van der Waals surface area contributed by atoms with E-state index in [4.69, 9.17) is 0 Å². The number of hydrogen-bond donors (Lipinski definition) is 0. The first-order chi connectivity index (χ1) is 3.39. The van der Waals surface area contributed by atoms with E-state index in [1.165, 1.54) is 5.30 Å². The second-order valence-corrected chi connectivity index (χ2v) is 2.08. The van der Waals surface area contributed by atoms with Gasteiger partial charge in [-0.1, -0.05) is 30.3 Å². The molecule has 1 rings (SSSR count). The monoisotopic (exact) mass is 150 g/mol. The molecule has 1 atom stereocenters. The minimum absolute atomic E-state index is 0. The van der Waals surface area contributed by atoms with E-state index in [9.17, 15) is 0 Å². The third-order valence-electron chi connectivity index (χ3n) is 0.800. The van der Waals surface area contributed by atoms with E-state index in [-0.39, 0.29) is 51.4 Å². The molecule has 0 N–H and O–H groups in total. The molecule has 0 saturated heterocycles. The first-order valence-corrected chi connectivity index (χ1v) is 2.78. The quantitative estimate of drug-likeness (QED) is 0.374. The Hall–Kier alpha value is 1.29. The molecule has 0 aliphatic carbocycles.